The van der Waals surface area contributed by atoms with E-state index in [1.54, 1.807) is 5.56 Å². The first-order valence-corrected chi connectivity index (χ1v) is 9.19. The summed E-state index contributed by atoms with van der Waals surface area (Å²) in [6.07, 6.45) is 12.4. The predicted molar refractivity (Wildman–Crippen MR) is 90.8 cm³/mol. The van der Waals surface area contributed by atoms with E-state index < -0.39 is 0 Å². The van der Waals surface area contributed by atoms with Gasteiger partial charge in [0, 0.05) is 6.04 Å². The lowest BCUT2D eigenvalue weighted by molar-refractivity contribution is 0.374. The molecule has 2 aliphatic rings. The van der Waals surface area contributed by atoms with Gasteiger partial charge in [0.05, 0.1) is 0 Å². The van der Waals surface area contributed by atoms with Gasteiger partial charge in [0.15, 0.2) is 0 Å². The van der Waals surface area contributed by atoms with Crippen molar-refractivity contribution in [3.63, 3.8) is 0 Å². The Balaban J connectivity index is 1.67. The van der Waals surface area contributed by atoms with Crippen LogP contribution in [0, 0.1) is 5.92 Å². The van der Waals surface area contributed by atoms with Crippen LogP contribution in [-0.4, -0.2) is 12.6 Å². The Bertz CT molecular complexity index is 418. The number of hydrogen-bond donors (Lipinski definition) is 1. The number of nitrogens with one attached hydrogen (secondary N) is 1. The van der Waals surface area contributed by atoms with E-state index in [-0.39, 0.29) is 0 Å². The summed E-state index contributed by atoms with van der Waals surface area (Å²) in [5.41, 5.74) is 3.10. The Kier molecular flexibility index (Phi) is 5.35. The van der Waals surface area contributed by atoms with Crippen LogP contribution in [0.5, 0.6) is 0 Å². The molecule has 0 amide bonds. The summed E-state index contributed by atoms with van der Waals surface area (Å²) in [5, 5.41) is 3.79. The monoisotopic (exact) mass is 285 g/mol. The van der Waals surface area contributed by atoms with Crippen molar-refractivity contribution >= 4 is 0 Å². The van der Waals surface area contributed by atoms with Gasteiger partial charge in [0.25, 0.3) is 0 Å². The minimum absolute atomic E-state index is 0.787. The van der Waals surface area contributed by atoms with E-state index in [9.17, 15) is 0 Å². The maximum Gasteiger partial charge on any atom is 0.00683 e. The van der Waals surface area contributed by atoms with Gasteiger partial charge in [-0.2, -0.15) is 0 Å². The zero-order chi connectivity index (χ0) is 14.5. The predicted octanol–water partition coefficient (Wildman–Crippen LogP) is 5.06. The third-order valence-corrected chi connectivity index (χ3v) is 5.35. The summed E-state index contributed by atoms with van der Waals surface area (Å²) >= 11 is 0. The average molecular weight is 285 g/mol. The van der Waals surface area contributed by atoms with Crippen LogP contribution in [0.15, 0.2) is 24.3 Å². The van der Waals surface area contributed by atoms with E-state index in [4.69, 9.17) is 0 Å². The molecule has 3 rings (SSSR count). The molecule has 1 nitrogen and oxygen atoms in total. The average Bonchev–Trinajstić information content (AvgIpc) is 3.33. The highest BCUT2D eigenvalue weighted by molar-refractivity contribution is 5.26. The van der Waals surface area contributed by atoms with E-state index in [2.05, 4.69) is 36.5 Å². The van der Waals surface area contributed by atoms with Gasteiger partial charge in [-0.1, -0.05) is 56.9 Å². The molecule has 0 spiro atoms. The van der Waals surface area contributed by atoms with Crippen LogP contribution in [0.1, 0.15) is 75.3 Å². The Morgan fingerprint density at radius 1 is 0.952 bits per heavy atom. The van der Waals surface area contributed by atoms with Crippen molar-refractivity contribution in [1.82, 2.24) is 5.32 Å². The highest BCUT2D eigenvalue weighted by atomic mass is 14.9. The van der Waals surface area contributed by atoms with Crippen LogP contribution in [0.4, 0.5) is 0 Å². The van der Waals surface area contributed by atoms with Gasteiger partial charge < -0.3 is 5.32 Å². The molecule has 1 aromatic carbocycles. The molecule has 1 N–H and O–H groups in total. The van der Waals surface area contributed by atoms with Gasteiger partial charge >= 0.3 is 0 Å². The van der Waals surface area contributed by atoms with Crippen LogP contribution >= 0.6 is 0 Å². The summed E-state index contributed by atoms with van der Waals surface area (Å²) < 4.78 is 0. The maximum absolute atomic E-state index is 3.79. The molecule has 0 aromatic heterocycles. The SMILES string of the molecule is CCCc1ccc(C2CCCCCC2CNC2CC2)cc1. The minimum atomic E-state index is 0.787. The summed E-state index contributed by atoms with van der Waals surface area (Å²) in [6, 6.07) is 10.4. The molecule has 2 unspecified atom stereocenters. The summed E-state index contributed by atoms with van der Waals surface area (Å²) in [5.74, 6) is 1.64. The first kappa shape index (κ1) is 15.1. The second-order valence-corrected chi connectivity index (χ2v) is 7.18. The lowest BCUT2D eigenvalue weighted by Gasteiger charge is -2.26. The third kappa shape index (κ3) is 4.32. The third-order valence-electron chi connectivity index (χ3n) is 5.35. The second kappa shape index (κ2) is 7.45. The molecule has 2 saturated carbocycles. The molecule has 1 heteroatoms. The fraction of sp³-hybridized carbons (Fsp3) is 0.700. The normalized spacial score (nSPS) is 26.5. The van der Waals surface area contributed by atoms with Crippen LogP contribution < -0.4 is 5.32 Å². The van der Waals surface area contributed by atoms with Gasteiger partial charge in [0.1, 0.15) is 0 Å². The zero-order valence-corrected chi connectivity index (χ0v) is 13.6. The van der Waals surface area contributed by atoms with Crippen molar-refractivity contribution in [2.24, 2.45) is 5.92 Å². The van der Waals surface area contributed by atoms with Crippen LogP contribution in [0.3, 0.4) is 0 Å². The van der Waals surface area contributed by atoms with Crippen molar-refractivity contribution in [3.05, 3.63) is 35.4 Å². The molecule has 0 bridgehead atoms. The Hall–Kier alpha value is -0.820. The number of hydrogen-bond acceptors (Lipinski definition) is 1. The lowest BCUT2D eigenvalue weighted by Crippen LogP contribution is -2.28. The molecule has 0 radical (unpaired) electrons. The topological polar surface area (TPSA) is 12.0 Å². The quantitative estimate of drug-likeness (QED) is 0.721. The van der Waals surface area contributed by atoms with Gasteiger partial charge in [-0.05, 0) is 61.6 Å². The van der Waals surface area contributed by atoms with Crippen molar-refractivity contribution in [2.75, 3.05) is 6.54 Å². The van der Waals surface area contributed by atoms with E-state index in [1.165, 1.54) is 69.9 Å². The van der Waals surface area contributed by atoms with E-state index >= 15 is 0 Å². The van der Waals surface area contributed by atoms with Gasteiger partial charge in [-0.15, -0.1) is 0 Å². The zero-order valence-electron chi connectivity index (χ0n) is 13.6. The first-order chi connectivity index (χ1) is 10.4. The second-order valence-electron chi connectivity index (χ2n) is 7.18. The van der Waals surface area contributed by atoms with E-state index in [1.807, 2.05) is 0 Å². The van der Waals surface area contributed by atoms with Crippen molar-refractivity contribution < 1.29 is 0 Å². The van der Waals surface area contributed by atoms with Crippen molar-refractivity contribution in [1.29, 1.82) is 0 Å². The maximum atomic E-state index is 3.79. The number of rotatable bonds is 6. The fourth-order valence-corrected chi connectivity index (χ4v) is 3.89. The number of benzene rings is 1. The minimum Gasteiger partial charge on any atom is -0.314 e. The molecule has 116 valence electrons. The van der Waals surface area contributed by atoms with Gasteiger partial charge in [0.2, 0.25) is 0 Å². The van der Waals surface area contributed by atoms with Crippen molar-refractivity contribution in [3.8, 4) is 0 Å². The van der Waals surface area contributed by atoms with Gasteiger partial charge in [-0.25, -0.2) is 0 Å². The molecule has 0 aliphatic heterocycles. The Morgan fingerprint density at radius 3 is 2.43 bits per heavy atom. The molecule has 2 fully saturated rings. The lowest BCUT2D eigenvalue weighted by atomic mass is 9.82. The molecular formula is C20H31N. The number of aryl methyl sites for hydroxylation is 1. The molecule has 2 aliphatic carbocycles. The highest BCUT2D eigenvalue weighted by Crippen LogP contribution is 2.37. The van der Waals surface area contributed by atoms with Gasteiger partial charge in [-0.3, -0.25) is 0 Å². The van der Waals surface area contributed by atoms with Crippen LogP contribution in [-0.2, 0) is 6.42 Å². The largest absolute Gasteiger partial charge is 0.314 e. The Labute approximate surface area is 130 Å². The Morgan fingerprint density at radius 2 is 1.71 bits per heavy atom. The molecule has 2 atom stereocenters. The van der Waals surface area contributed by atoms with Crippen molar-refractivity contribution in [2.45, 2.75) is 76.7 Å². The summed E-state index contributed by atoms with van der Waals surface area (Å²) in [4.78, 5) is 0. The molecular weight excluding hydrogens is 254 g/mol. The molecule has 0 heterocycles. The summed E-state index contributed by atoms with van der Waals surface area (Å²) in [6.45, 7) is 3.50. The molecule has 1 aromatic rings. The molecule has 0 saturated heterocycles. The van der Waals surface area contributed by atoms with Crippen LogP contribution in [0.25, 0.3) is 0 Å². The first-order valence-electron chi connectivity index (χ1n) is 9.19. The standard InChI is InChI=1S/C20H31N/c1-2-6-16-9-11-17(12-10-16)20-8-5-3-4-7-18(20)15-21-19-13-14-19/h9-12,18-21H,2-8,13-15H2,1H3. The summed E-state index contributed by atoms with van der Waals surface area (Å²) in [7, 11) is 0. The molecule has 21 heavy (non-hydrogen) atoms. The van der Waals surface area contributed by atoms with Crippen LogP contribution in [0.2, 0.25) is 0 Å². The smallest absolute Gasteiger partial charge is 0.00683 e. The highest BCUT2D eigenvalue weighted by Gasteiger charge is 2.28. The fourth-order valence-electron chi connectivity index (χ4n) is 3.89. The van der Waals surface area contributed by atoms with E-state index in [0.717, 1.165) is 17.9 Å². The van der Waals surface area contributed by atoms with E-state index in [0.29, 0.717) is 0 Å².